The van der Waals surface area contributed by atoms with E-state index in [1.807, 2.05) is 130 Å². The molecule has 0 amide bonds. The predicted molar refractivity (Wildman–Crippen MR) is 600 cm³/mol. The molecule has 0 fully saturated rings. The number of rotatable bonds is 25. The van der Waals surface area contributed by atoms with Crippen LogP contribution in [0, 0.1) is 0 Å². The molecule has 10 nitrogen and oxygen atoms in total. The molecule has 0 spiro atoms. The van der Waals surface area contributed by atoms with Gasteiger partial charge in [-0.15, -0.1) is 0 Å². The van der Waals surface area contributed by atoms with Crippen LogP contribution in [0.2, 0.25) is 0 Å². The third-order valence-electron chi connectivity index (χ3n) is 30.1. The number of benzene rings is 20. The minimum atomic E-state index is -0.0137. The summed E-state index contributed by atoms with van der Waals surface area (Å²) >= 11 is 0. The number of fused-ring (bicyclic) bond motifs is 11. The van der Waals surface area contributed by atoms with Crippen molar-refractivity contribution in [3.63, 3.8) is 0 Å². The smallest absolute Gasteiger partial charge is 0.129 e. The molecule has 0 saturated carbocycles. The Labute approximate surface area is 843 Å². The number of aliphatic hydroxyl groups is 3. The van der Waals surface area contributed by atoms with Gasteiger partial charge in [0.2, 0.25) is 0 Å². The molecule has 10 heteroatoms. The SMILES string of the molecule is CC1c2cccc3cccc(c23)C1C1c2cccc3c(CO)ccc(c23)C1C.CCOCc1cccc2cccc(-c3cccc4cccc(COCC)c34)c12.CCc1c(CC)c(CC)c2ccccc2c1CC.CCc1cc2ccccc2c(-c2c(O)c(COC)cc3ccccc23)c1O.CCc1ccc(CC)c2c(COC)ccc(COC)c12.OCc1cc2ccccc2c2c(CO)cc3ccccc3c12. The summed E-state index contributed by atoms with van der Waals surface area (Å²) in [6.45, 7) is 28.8. The molecule has 20 aromatic carbocycles. The van der Waals surface area contributed by atoms with E-state index in [0.717, 1.165) is 115 Å². The van der Waals surface area contributed by atoms with Crippen LogP contribution >= 0.6 is 0 Å². The molecule has 4 atom stereocenters. The molecular formula is C133H136O10. The summed E-state index contributed by atoms with van der Waals surface area (Å²) in [5.41, 5.74) is 28.3. The summed E-state index contributed by atoms with van der Waals surface area (Å²) in [6, 6.07) is 109. The normalized spacial score (nSPS) is 14.0. The van der Waals surface area contributed by atoms with Gasteiger partial charge in [0.15, 0.2) is 0 Å². The Morgan fingerprint density at radius 1 is 0.224 bits per heavy atom. The first-order valence-corrected chi connectivity index (χ1v) is 51.5. The average molecular weight is 1890 g/mol. The number of hydrogen-bond donors (Lipinski definition) is 5. The van der Waals surface area contributed by atoms with E-state index in [9.17, 15) is 25.5 Å². The molecule has 143 heavy (non-hydrogen) atoms. The van der Waals surface area contributed by atoms with E-state index in [2.05, 4.69) is 256 Å². The van der Waals surface area contributed by atoms with E-state index in [4.69, 9.17) is 23.7 Å². The molecule has 4 unspecified atom stereocenters. The Balaban J connectivity index is 0.000000119. The van der Waals surface area contributed by atoms with Gasteiger partial charge < -0.3 is 49.2 Å². The van der Waals surface area contributed by atoms with Crippen molar-refractivity contribution in [1.29, 1.82) is 0 Å². The highest BCUT2D eigenvalue weighted by Crippen LogP contribution is 2.61. The fourth-order valence-electron chi connectivity index (χ4n) is 23.8. The lowest BCUT2D eigenvalue weighted by atomic mass is 9.73. The van der Waals surface area contributed by atoms with Crippen molar-refractivity contribution >= 4 is 118 Å². The number of aliphatic hydroxyl groups excluding tert-OH is 3. The molecular weight excluding hydrogens is 1760 g/mol. The molecule has 0 radical (unpaired) electrons. The average Bonchev–Trinajstić information content (AvgIpc) is 1.59. The number of phenolic OH excluding ortho intramolecular Hbond substituents is 2. The maximum Gasteiger partial charge on any atom is 0.129 e. The Hall–Kier alpha value is -13.5. The Kier molecular flexibility index (Phi) is 32.7. The van der Waals surface area contributed by atoms with Gasteiger partial charge in [0, 0.05) is 51.2 Å². The number of aryl methyl sites for hydroxylation is 5. The Bertz CT molecular complexity index is 7730. The first kappa shape index (κ1) is 101. The summed E-state index contributed by atoms with van der Waals surface area (Å²) in [7, 11) is 5.12. The Morgan fingerprint density at radius 2 is 0.531 bits per heavy atom. The highest BCUT2D eigenvalue weighted by molar-refractivity contribution is 6.21. The third-order valence-corrected chi connectivity index (χ3v) is 30.1. The number of methoxy groups -OCH3 is 3. The van der Waals surface area contributed by atoms with Crippen LogP contribution in [-0.4, -0.2) is 60.1 Å². The molecule has 5 N–H and O–H groups in total. The van der Waals surface area contributed by atoms with E-state index in [-0.39, 0.29) is 31.3 Å². The van der Waals surface area contributed by atoms with Gasteiger partial charge >= 0.3 is 0 Å². The molecule has 0 aliphatic heterocycles. The van der Waals surface area contributed by atoms with Crippen molar-refractivity contribution in [1.82, 2.24) is 0 Å². The molecule has 728 valence electrons. The summed E-state index contributed by atoms with van der Waals surface area (Å²) in [5.74, 6) is 2.34. The van der Waals surface area contributed by atoms with E-state index in [1.165, 1.54) is 131 Å². The third kappa shape index (κ3) is 19.7. The molecule has 0 aromatic heterocycles. The second kappa shape index (κ2) is 46.3. The van der Waals surface area contributed by atoms with Crippen molar-refractivity contribution in [3.05, 3.63) is 415 Å². The topological polar surface area (TPSA) is 147 Å². The second-order valence-corrected chi connectivity index (χ2v) is 37.9. The van der Waals surface area contributed by atoms with Crippen molar-refractivity contribution in [2.75, 3.05) is 34.5 Å². The van der Waals surface area contributed by atoms with Crippen molar-refractivity contribution in [2.45, 2.75) is 198 Å². The van der Waals surface area contributed by atoms with Crippen LogP contribution in [0.3, 0.4) is 0 Å². The van der Waals surface area contributed by atoms with Crippen molar-refractivity contribution in [2.24, 2.45) is 0 Å². The van der Waals surface area contributed by atoms with Crippen LogP contribution < -0.4 is 0 Å². The van der Waals surface area contributed by atoms with Gasteiger partial charge in [-0.05, 0) is 336 Å². The zero-order valence-corrected chi connectivity index (χ0v) is 85.6. The number of hydrogen-bond acceptors (Lipinski definition) is 10. The summed E-state index contributed by atoms with van der Waals surface area (Å²) in [4.78, 5) is 0. The largest absolute Gasteiger partial charge is 0.507 e. The van der Waals surface area contributed by atoms with E-state index < -0.39 is 0 Å². The van der Waals surface area contributed by atoms with Gasteiger partial charge in [0.1, 0.15) is 11.5 Å². The maximum absolute atomic E-state index is 11.1. The molecule has 2 aliphatic carbocycles. The standard InChI is InChI=1S/C27H24O.C26H26O2.C24H22O3.C20H16O2.C18H24O2.C18H24/c1-15-19-8-3-6-17-7-4-10-22(26(17)19)24(15)25-16(2)20-13-12-18(14-28)21-9-5-11-23(25)27(20)21;1-3-27-17-21-13-5-9-19-11-7-15-23(25(19)21)24-16-8-12-20-10-6-14-22(26(20)24)18-28-4-2;1-3-15-12-16-8-4-6-10-19(16)21(23(15)25)22-20-11-7-5-9-17(20)13-18(14-27-2)24(22)26;21-11-15-9-13-5-1-3-7-17(13)19-16(12-22)10-14-6-2-4-8-18(14)20(15)19;1-5-13-7-8-14(6-2)18-16(12-20-4)10-9-15(11-19-3)17(13)18;1-5-13-14(6-2)16(8-4)18-12-10-9-11-17(18)15(13)7-3/h3-13,15-16,24-25,28H,14H2,1-2H3;5-16H,3-4,17-18H2,1-2H3;4-13,25-26H,3,14H2,1-2H3;1-10,21-22H,11-12H2;7-10H,5-6,11-12H2,1-4H3;9-12H,5-8H2,1-4H3. The van der Waals surface area contributed by atoms with E-state index in [1.54, 1.807) is 43.6 Å². The summed E-state index contributed by atoms with van der Waals surface area (Å²) in [5, 5.41) is 78.3. The van der Waals surface area contributed by atoms with Crippen LogP contribution in [0.15, 0.2) is 309 Å². The van der Waals surface area contributed by atoms with Crippen LogP contribution in [-0.2, 0) is 121 Å². The van der Waals surface area contributed by atoms with Gasteiger partial charge in [0.05, 0.1) is 52.9 Å². The molecule has 0 bridgehead atoms. The first-order valence-electron chi connectivity index (χ1n) is 51.5. The van der Waals surface area contributed by atoms with E-state index in [0.29, 0.717) is 93.0 Å². The highest BCUT2D eigenvalue weighted by atomic mass is 16.5. The first-order chi connectivity index (χ1) is 70.1. The van der Waals surface area contributed by atoms with Gasteiger partial charge in [-0.2, -0.15) is 0 Å². The minimum absolute atomic E-state index is 0.0137. The van der Waals surface area contributed by atoms with Gasteiger partial charge in [-0.1, -0.05) is 347 Å². The summed E-state index contributed by atoms with van der Waals surface area (Å²) in [6.07, 6.45) is 7.37. The minimum Gasteiger partial charge on any atom is -0.507 e. The fraction of sp³-hybridized carbons (Fsp3) is 0.263. The fourth-order valence-corrected chi connectivity index (χ4v) is 23.8. The predicted octanol–water partition coefficient (Wildman–Crippen LogP) is 32.6. The molecule has 20 aromatic rings. The zero-order valence-electron chi connectivity index (χ0n) is 85.6. The quantitative estimate of drug-likeness (QED) is 0.0350. The molecule has 0 saturated heterocycles. The van der Waals surface area contributed by atoms with Gasteiger partial charge in [-0.3, -0.25) is 0 Å². The van der Waals surface area contributed by atoms with Crippen LogP contribution in [0.25, 0.3) is 141 Å². The Morgan fingerprint density at radius 3 is 0.944 bits per heavy atom. The lowest BCUT2D eigenvalue weighted by Crippen LogP contribution is -2.15. The van der Waals surface area contributed by atoms with Crippen molar-refractivity contribution < 1.29 is 49.2 Å². The zero-order chi connectivity index (χ0) is 100. The van der Waals surface area contributed by atoms with Crippen LogP contribution in [0.5, 0.6) is 11.5 Å². The van der Waals surface area contributed by atoms with E-state index >= 15 is 0 Å². The monoisotopic (exact) mass is 1890 g/mol. The second-order valence-electron chi connectivity index (χ2n) is 37.9. The number of phenols is 2. The van der Waals surface area contributed by atoms with Crippen LogP contribution in [0.4, 0.5) is 0 Å². The van der Waals surface area contributed by atoms with Gasteiger partial charge in [0.25, 0.3) is 0 Å². The lowest BCUT2D eigenvalue weighted by Gasteiger charge is -2.30. The van der Waals surface area contributed by atoms with Gasteiger partial charge in [-0.25, -0.2) is 0 Å². The lowest BCUT2D eigenvalue weighted by molar-refractivity contribution is 0.135. The maximum atomic E-state index is 11.1. The molecule has 2 aliphatic rings. The molecule has 22 rings (SSSR count). The number of ether oxygens (including phenoxy) is 5. The van der Waals surface area contributed by atoms with Crippen molar-refractivity contribution in [3.8, 4) is 33.8 Å². The molecule has 0 heterocycles. The summed E-state index contributed by atoms with van der Waals surface area (Å²) < 4.78 is 27.6. The van der Waals surface area contributed by atoms with Crippen LogP contribution in [0.1, 0.15) is 206 Å². The number of aromatic hydroxyl groups is 2. The highest BCUT2D eigenvalue weighted by Gasteiger charge is 2.44.